The van der Waals surface area contributed by atoms with Crippen LogP contribution in [0.25, 0.3) is 11.4 Å². The van der Waals surface area contributed by atoms with Gasteiger partial charge in [0.25, 0.3) is 0 Å². The molecule has 102 valence electrons. The maximum Gasteiger partial charge on any atom is 0.248 e. The lowest BCUT2D eigenvalue weighted by atomic mass is 10.2. The second-order valence-corrected chi connectivity index (χ2v) is 5.31. The zero-order chi connectivity index (χ0) is 14.1. The molecule has 0 aliphatic carbocycles. The van der Waals surface area contributed by atoms with Gasteiger partial charge in [0, 0.05) is 28.8 Å². The number of nitrogens with two attached hydrogens (primary N) is 1. The molecule has 0 amide bonds. The van der Waals surface area contributed by atoms with E-state index in [0.29, 0.717) is 11.7 Å². The lowest BCUT2D eigenvalue weighted by Crippen LogP contribution is -2.11. The van der Waals surface area contributed by atoms with E-state index in [1.807, 2.05) is 37.5 Å². The monoisotopic (exact) mass is 333 g/mol. The Morgan fingerprint density at radius 3 is 2.95 bits per heavy atom. The molecule has 1 atom stereocenters. The van der Waals surface area contributed by atoms with Gasteiger partial charge < -0.3 is 10.3 Å². The van der Waals surface area contributed by atoms with Crippen LogP contribution >= 0.6 is 15.9 Å². The molecule has 0 saturated carbocycles. The highest BCUT2D eigenvalue weighted by molar-refractivity contribution is 9.10. The molecule has 0 saturated heterocycles. The molecule has 0 bridgehead atoms. The Morgan fingerprint density at radius 1 is 1.40 bits per heavy atom. The Kier molecular flexibility index (Phi) is 3.37. The molecule has 3 aromatic rings. The van der Waals surface area contributed by atoms with Gasteiger partial charge in [0.05, 0.1) is 6.20 Å². The SMILES string of the molecule is Cn1cc(C(N)c2nc(-c3cccc(Br)c3)no2)cn1. The molecule has 0 spiro atoms. The lowest BCUT2D eigenvalue weighted by Gasteiger charge is -2.01. The Labute approximate surface area is 123 Å². The van der Waals surface area contributed by atoms with Crippen molar-refractivity contribution in [3.63, 3.8) is 0 Å². The summed E-state index contributed by atoms with van der Waals surface area (Å²) < 4.78 is 7.88. The zero-order valence-corrected chi connectivity index (χ0v) is 12.3. The highest BCUT2D eigenvalue weighted by Gasteiger charge is 2.18. The molecule has 2 heterocycles. The number of halogens is 1. The molecule has 0 aliphatic rings. The van der Waals surface area contributed by atoms with E-state index < -0.39 is 6.04 Å². The number of aromatic nitrogens is 4. The minimum absolute atomic E-state index is 0.368. The van der Waals surface area contributed by atoms with Crippen molar-refractivity contribution in [1.29, 1.82) is 0 Å². The van der Waals surface area contributed by atoms with Gasteiger partial charge in [0.15, 0.2) is 0 Å². The van der Waals surface area contributed by atoms with Crippen molar-refractivity contribution < 1.29 is 4.52 Å². The molecular weight excluding hydrogens is 322 g/mol. The quantitative estimate of drug-likeness (QED) is 0.794. The third-order valence-corrected chi connectivity index (χ3v) is 3.37. The van der Waals surface area contributed by atoms with Crippen molar-refractivity contribution in [2.45, 2.75) is 6.04 Å². The Balaban J connectivity index is 1.90. The van der Waals surface area contributed by atoms with Gasteiger partial charge in [-0.25, -0.2) is 0 Å². The number of benzene rings is 1. The van der Waals surface area contributed by atoms with E-state index in [2.05, 4.69) is 31.2 Å². The second-order valence-electron chi connectivity index (χ2n) is 4.39. The van der Waals surface area contributed by atoms with Crippen LogP contribution in [-0.2, 0) is 7.05 Å². The lowest BCUT2D eigenvalue weighted by molar-refractivity contribution is 0.367. The van der Waals surface area contributed by atoms with Crippen LogP contribution < -0.4 is 5.73 Å². The molecule has 0 radical (unpaired) electrons. The highest BCUT2D eigenvalue weighted by atomic mass is 79.9. The average Bonchev–Trinajstić information content (AvgIpc) is 3.07. The van der Waals surface area contributed by atoms with Gasteiger partial charge in [0.2, 0.25) is 11.7 Å². The van der Waals surface area contributed by atoms with Crippen molar-refractivity contribution in [2.75, 3.05) is 0 Å². The van der Waals surface area contributed by atoms with Gasteiger partial charge in [-0.3, -0.25) is 4.68 Å². The summed E-state index contributed by atoms with van der Waals surface area (Å²) in [6, 6.07) is 7.21. The average molecular weight is 334 g/mol. The van der Waals surface area contributed by atoms with E-state index >= 15 is 0 Å². The molecule has 2 N–H and O–H groups in total. The molecule has 0 aliphatic heterocycles. The van der Waals surface area contributed by atoms with Crippen LogP contribution in [0.3, 0.4) is 0 Å². The van der Waals surface area contributed by atoms with Crippen molar-refractivity contribution in [3.8, 4) is 11.4 Å². The normalized spacial score (nSPS) is 12.6. The maximum absolute atomic E-state index is 6.09. The summed E-state index contributed by atoms with van der Waals surface area (Å²) in [4.78, 5) is 4.35. The number of hydrogen-bond donors (Lipinski definition) is 1. The number of aryl methyl sites for hydroxylation is 1. The fourth-order valence-electron chi connectivity index (χ4n) is 1.85. The summed E-state index contributed by atoms with van der Waals surface area (Å²) in [7, 11) is 1.83. The predicted molar refractivity (Wildman–Crippen MR) is 76.7 cm³/mol. The summed E-state index contributed by atoms with van der Waals surface area (Å²) in [5.74, 6) is 0.883. The van der Waals surface area contributed by atoms with Crippen molar-refractivity contribution in [1.82, 2.24) is 19.9 Å². The molecular formula is C13H12BrN5O. The molecule has 3 rings (SSSR count). The molecule has 2 aromatic heterocycles. The van der Waals surface area contributed by atoms with E-state index in [9.17, 15) is 0 Å². The third-order valence-electron chi connectivity index (χ3n) is 2.87. The number of nitrogens with zero attached hydrogens (tertiary/aromatic N) is 4. The topological polar surface area (TPSA) is 82.8 Å². The minimum atomic E-state index is -0.475. The minimum Gasteiger partial charge on any atom is -0.337 e. The summed E-state index contributed by atoms with van der Waals surface area (Å²) in [5.41, 5.74) is 7.79. The smallest absolute Gasteiger partial charge is 0.248 e. The standard InChI is InChI=1S/C13H12BrN5O/c1-19-7-9(6-16-19)11(15)13-17-12(18-20-13)8-3-2-4-10(14)5-8/h2-7,11H,15H2,1H3. The van der Waals surface area contributed by atoms with Gasteiger partial charge in [0.1, 0.15) is 6.04 Å². The highest BCUT2D eigenvalue weighted by Crippen LogP contribution is 2.23. The third kappa shape index (κ3) is 2.50. The van der Waals surface area contributed by atoms with Crippen LogP contribution in [-0.4, -0.2) is 19.9 Å². The number of rotatable bonds is 3. The summed E-state index contributed by atoms with van der Waals surface area (Å²) in [6.07, 6.45) is 3.52. The summed E-state index contributed by atoms with van der Waals surface area (Å²) >= 11 is 3.41. The van der Waals surface area contributed by atoms with Crippen molar-refractivity contribution >= 4 is 15.9 Å². The molecule has 7 heteroatoms. The van der Waals surface area contributed by atoms with Gasteiger partial charge in [-0.05, 0) is 12.1 Å². The van der Waals surface area contributed by atoms with Crippen molar-refractivity contribution in [2.24, 2.45) is 12.8 Å². The van der Waals surface area contributed by atoms with E-state index in [1.165, 1.54) is 0 Å². The molecule has 20 heavy (non-hydrogen) atoms. The zero-order valence-electron chi connectivity index (χ0n) is 10.7. The van der Waals surface area contributed by atoms with Crippen LogP contribution in [0, 0.1) is 0 Å². The number of hydrogen-bond acceptors (Lipinski definition) is 5. The summed E-state index contributed by atoms with van der Waals surface area (Å²) in [6.45, 7) is 0. The van der Waals surface area contributed by atoms with Gasteiger partial charge in [-0.1, -0.05) is 33.2 Å². The van der Waals surface area contributed by atoms with Crippen LogP contribution in [0.5, 0.6) is 0 Å². The van der Waals surface area contributed by atoms with Crippen LogP contribution in [0.4, 0.5) is 0 Å². The van der Waals surface area contributed by atoms with Gasteiger partial charge in [-0.15, -0.1) is 0 Å². The maximum atomic E-state index is 6.09. The first-order valence-electron chi connectivity index (χ1n) is 5.97. The Morgan fingerprint density at radius 2 is 2.25 bits per heavy atom. The molecule has 0 fully saturated rings. The van der Waals surface area contributed by atoms with Gasteiger partial charge in [-0.2, -0.15) is 10.1 Å². The van der Waals surface area contributed by atoms with Crippen LogP contribution in [0.2, 0.25) is 0 Å². The Hall–Kier alpha value is -1.99. The van der Waals surface area contributed by atoms with Gasteiger partial charge >= 0.3 is 0 Å². The van der Waals surface area contributed by atoms with E-state index in [1.54, 1.807) is 10.9 Å². The first-order chi connectivity index (χ1) is 9.63. The largest absolute Gasteiger partial charge is 0.337 e. The molecule has 1 unspecified atom stereocenters. The van der Waals surface area contributed by atoms with E-state index in [4.69, 9.17) is 10.3 Å². The first kappa shape index (κ1) is 13.0. The fourth-order valence-corrected chi connectivity index (χ4v) is 2.25. The van der Waals surface area contributed by atoms with E-state index in [0.717, 1.165) is 15.6 Å². The predicted octanol–water partition coefficient (Wildman–Crippen LogP) is 2.28. The first-order valence-corrected chi connectivity index (χ1v) is 6.76. The molecule has 1 aromatic carbocycles. The Bertz CT molecular complexity index is 736. The fraction of sp³-hybridized carbons (Fsp3) is 0.154. The van der Waals surface area contributed by atoms with E-state index in [-0.39, 0.29) is 0 Å². The summed E-state index contributed by atoms with van der Waals surface area (Å²) in [5, 5.41) is 8.05. The van der Waals surface area contributed by atoms with Crippen LogP contribution in [0.15, 0.2) is 45.7 Å². The van der Waals surface area contributed by atoms with Crippen LogP contribution in [0.1, 0.15) is 17.5 Å². The second kappa shape index (κ2) is 5.18. The van der Waals surface area contributed by atoms with Crippen molar-refractivity contribution in [3.05, 3.63) is 52.6 Å². The molecule has 6 nitrogen and oxygen atoms in total.